The second-order valence-corrected chi connectivity index (χ2v) is 7.50. The summed E-state index contributed by atoms with van der Waals surface area (Å²) in [7, 11) is 3.13. The molecule has 1 aliphatic rings. The third-order valence-electron chi connectivity index (χ3n) is 4.33. The topological polar surface area (TPSA) is 79.1 Å². The van der Waals surface area contributed by atoms with E-state index in [9.17, 15) is 4.79 Å². The van der Waals surface area contributed by atoms with E-state index < -0.39 is 0 Å². The van der Waals surface area contributed by atoms with Crippen LogP contribution in [0.4, 0.5) is 0 Å². The molecule has 0 unspecified atom stereocenters. The molecule has 0 saturated carbocycles. The van der Waals surface area contributed by atoms with Crippen LogP contribution in [-0.2, 0) is 6.42 Å². The van der Waals surface area contributed by atoms with Crippen molar-refractivity contribution < 1.29 is 14.3 Å². The number of ether oxygens (including phenoxy) is 2. The summed E-state index contributed by atoms with van der Waals surface area (Å²) in [6, 6.07) is 10.8. The molecule has 2 aromatic carbocycles. The molecule has 1 atom stereocenters. The fraction of sp³-hybridized carbons (Fsp3) is 0.222. The van der Waals surface area contributed by atoms with Gasteiger partial charge in [-0.1, -0.05) is 23.4 Å². The number of thioether (sulfide) groups is 1. The average molecular weight is 403 g/mol. The van der Waals surface area contributed by atoms with E-state index in [0.717, 1.165) is 11.3 Å². The number of hydrogen-bond donors (Lipinski definition) is 0. The molecular weight excluding hydrogens is 388 g/mol. The van der Waals surface area contributed by atoms with E-state index in [1.807, 2.05) is 18.2 Å². The predicted octanol–water partition coefficient (Wildman–Crippen LogP) is 3.23. The summed E-state index contributed by atoms with van der Waals surface area (Å²) in [5.41, 5.74) is 2.36. The predicted molar refractivity (Wildman–Crippen MR) is 101 cm³/mol. The highest BCUT2D eigenvalue weighted by molar-refractivity contribution is 8.00. The third kappa shape index (κ3) is 3.26. The number of tetrazole rings is 1. The molecule has 0 N–H and O–H groups in total. The Labute approximate surface area is 164 Å². The fourth-order valence-corrected chi connectivity index (χ4v) is 4.21. The Hall–Kier alpha value is -2.58. The monoisotopic (exact) mass is 402 g/mol. The van der Waals surface area contributed by atoms with Gasteiger partial charge in [0.1, 0.15) is 0 Å². The summed E-state index contributed by atoms with van der Waals surface area (Å²) in [6.07, 6.45) is 0.576. The Morgan fingerprint density at radius 1 is 1.15 bits per heavy atom. The van der Waals surface area contributed by atoms with Crippen LogP contribution in [0.5, 0.6) is 11.5 Å². The van der Waals surface area contributed by atoms with Crippen LogP contribution in [0.2, 0.25) is 5.02 Å². The standard InChI is InChI=1S/C18H15ClN4O3S/c1-25-14-7-10-8-16(17(24)13(10)9-15(14)26-2)27-18-20-21-22-23(18)12-5-3-11(19)4-6-12/h3-7,9,16H,8H2,1-2H3/t16-/m1/s1. The molecule has 1 aliphatic carbocycles. The van der Waals surface area contributed by atoms with Gasteiger partial charge in [0.05, 0.1) is 25.2 Å². The summed E-state index contributed by atoms with van der Waals surface area (Å²) in [5.74, 6) is 1.18. The van der Waals surface area contributed by atoms with Crippen LogP contribution >= 0.6 is 23.4 Å². The minimum Gasteiger partial charge on any atom is -0.493 e. The van der Waals surface area contributed by atoms with Crippen LogP contribution in [0.3, 0.4) is 0 Å². The van der Waals surface area contributed by atoms with E-state index in [4.69, 9.17) is 21.1 Å². The molecule has 0 spiro atoms. The lowest BCUT2D eigenvalue weighted by atomic mass is 10.1. The number of ketones is 1. The molecule has 0 bridgehead atoms. The van der Waals surface area contributed by atoms with Crippen molar-refractivity contribution in [2.75, 3.05) is 14.2 Å². The number of carbonyl (C=O) groups excluding carboxylic acids is 1. The molecule has 0 amide bonds. The maximum Gasteiger partial charge on any atom is 0.214 e. The lowest BCUT2D eigenvalue weighted by Crippen LogP contribution is -2.13. The highest BCUT2D eigenvalue weighted by atomic mass is 35.5. The molecule has 9 heteroatoms. The number of Topliss-reactive ketones (excluding diaryl/α,β-unsaturated/α-hetero) is 1. The Bertz CT molecular complexity index is 1010. The maximum absolute atomic E-state index is 12.9. The molecule has 1 aromatic heterocycles. The van der Waals surface area contributed by atoms with Gasteiger partial charge in [0.25, 0.3) is 0 Å². The molecule has 3 aromatic rings. The summed E-state index contributed by atoms with van der Waals surface area (Å²) >= 11 is 7.28. The number of fused-ring (bicyclic) bond motifs is 1. The lowest BCUT2D eigenvalue weighted by molar-refractivity contribution is 0.1000. The normalized spacial score (nSPS) is 15.7. The van der Waals surface area contributed by atoms with Crippen molar-refractivity contribution in [3.8, 4) is 17.2 Å². The van der Waals surface area contributed by atoms with Gasteiger partial charge in [-0.2, -0.15) is 4.68 Å². The van der Waals surface area contributed by atoms with Gasteiger partial charge < -0.3 is 9.47 Å². The van der Waals surface area contributed by atoms with Gasteiger partial charge in [0.15, 0.2) is 17.3 Å². The van der Waals surface area contributed by atoms with Crippen LogP contribution in [0.15, 0.2) is 41.6 Å². The van der Waals surface area contributed by atoms with E-state index in [1.165, 1.54) is 11.8 Å². The van der Waals surface area contributed by atoms with Crippen LogP contribution < -0.4 is 9.47 Å². The first kappa shape index (κ1) is 17.8. The van der Waals surface area contributed by atoms with E-state index in [0.29, 0.717) is 33.7 Å². The molecular formula is C18H15ClN4O3S. The molecule has 0 saturated heterocycles. The highest BCUT2D eigenvalue weighted by Gasteiger charge is 2.34. The molecule has 27 heavy (non-hydrogen) atoms. The van der Waals surface area contributed by atoms with E-state index >= 15 is 0 Å². The quantitative estimate of drug-likeness (QED) is 0.648. The second-order valence-electron chi connectivity index (χ2n) is 5.89. The van der Waals surface area contributed by atoms with Crippen LogP contribution in [-0.4, -0.2) is 45.5 Å². The SMILES string of the molecule is COc1cc2c(cc1OC)C(=O)[C@H](Sc1nnnn1-c1ccc(Cl)cc1)C2. The molecule has 7 nitrogen and oxygen atoms in total. The summed E-state index contributed by atoms with van der Waals surface area (Å²) in [4.78, 5) is 12.9. The zero-order valence-electron chi connectivity index (χ0n) is 14.5. The summed E-state index contributed by atoms with van der Waals surface area (Å²) in [5, 5.41) is 12.7. The van der Waals surface area contributed by atoms with Gasteiger partial charge in [0.2, 0.25) is 5.16 Å². The molecule has 138 valence electrons. The first-order valence-corrected chi connectivity index (χ1v) is 9.36. The summed E-state index contributed by atoms with van der Waals surface area (Å²) in [6.45, 7) is 0. The van der Waals surface area contributed by atoms with Crippen molar-refractivity contribution >= 4 is 29.1 Å². The smallest absolute Gasteiger partial charge is 0.214 e. The highest BCUT2D eigenvalue weighted by Crippen LogP contribution is 2.39. The van der Waals surface area contributed by atoms with Gasteiger partial charge >= 0.3 is 0 Å². The van der Waals surface area contributed by atoms with Crippen molar-refractivity contribution in [2.45, 2.75) is 16.8 Å². The number of benzene rings is 2. The first-order chi connectivity index (χ1) is 13.1. The van der Waals surface area contributed by atoms with Gasteiger partial charge in [-0.15, -0.1) is 5.10 Å². The zero-order chi connectivity index (χ0) is 19.0. The molecule has 4 rings (SSSR count). The van der Waals surface area contributed by atoms with Crippen molar-refractivity contribution in [3.05, 3.63) is 52.5 Å². The minimum absolute atomic E-state index is 0.0293. The summed E-state index contributed by atoms with van der Waals surface area (Å²) < 4.78 is 12.2. The van der Waals surface area contributed by atoms with Crippen molar-refractivity contribution in [3.63, 3.8) is 0 Å². The van der Waals surface area contributed by atoms with Gasteiger partial charge in [-0.3, -0.25) is 4.79 Å². The number of hydrogen-bond acceptors (Lipinski definition) is 7. The number of aromatic nitrogens is 4. The Morgan fingerprint density at radius 2 is 1.85 bits per heavy atom. The second kappa shape index (κ2) is 7.21. The van der Waals surface area contributed by atoms with E-state index in [-0.39, 0.29) is 11.0 Å². The largest absolute Gasteiger partial charge is 0.493 e. The molecule has 1 heterocycles. The first-order valence-electron chi connectivity index (χ1n) is 8.11. The fourth-order valence-electron chi connectivity index (χ4n) is 3.00. The minimum atomic E-state index is -0.311. The van der Waals surface area contributed by atoms with Gasteiger partial charge in [-0.05, 0) is 58.8 Å². The van der Waals surface area contributed by atoms with E-state index in [2.05, 4.69) is 15.5 Å². The third-order valence-corrected chi connectivity index (χ3v) is 5.71. The van der Waals surface area contributed by atoms with Gasteiger partial charge in [0, 0.05) is 10.6 Å². The van der Waals surface area contributed by atoms with Crippen molar-refractivity contribution in [2.24, 2.45) is 0 Å². The number of rotatable bonds is 5. The lowest BCUT2D eigenvalue weighted by Gasteiger charge is -2.09. The van der Waals surface area contributed by atoms with Crippen LogP contribution in [0.1, 0.15) is 15.9 Å². The van der Waals surface area contributed by atoms with Crippen molar-refractivity contribution in [1.82, 2.24) is 20.2 Å². The number of nitrogens with zero attached hydrogens (tertiary/aromatic N) is 4. The molecule has 0 fully saturated rings. The number of halogens is 1. The number of methoxy groups -OCH3 is 2. The number of carbonyl (C=O) groups is 1. The molecule has 0 radical (unpaired) electrons. The van der Waals surface area contributed by atoms with Crippen molar-refractivity contribution in [1.29, 1.82) is 0 Å². The Balaban J connectivity index is 1.61. The molecule has 0 aliphatic heterocycles. The van der Waals surface area contributed by atoms with Crippen LogP contribution in [0, 0.1) is 0 Å². The maximum atomic E-state index is 12.9. The average Bonchev–Trinajstić information content (AvgIpc) is 3.26. The van der Waals surface area contributed by atoms with Crippen LogP contribution in [0.25, 0.3) is 5.69 Å². The zero-order valence-corrected chi connectivity index (χ0v) is 16.1. The Kier molecular flexibility index (Phi) is 4.75. The van der Waals surface area contributed by atoms with Gasteiger partial charge in [-0.25, -0.2) is 0 Å². The Morgan fingerprint density at radius 3 is 2.56 bits per heavy atom. The van der Waals surface area contributed by atoms with E-state index in [1.54, 1.807) is 37.1 Å².